The smallest absolute Gasteiger partial charge is 0.257 e. The molecule has 0 unspecified atom stereocenters. The molecule has 23 heavy (non-hydrogen) atoms. The van der Waals surface area contributed by atoms with Crippen LogP contribution in [0.4, 0.5) is 10.1 Å². The van der Waals surface area contributed by atoms with Gasteiger partial charge in [0.1, 0.15) is 11.7 Å². The molecular weight excluding hydrogens is 321 g/mol. The van der Waals surface area contributed by atoms with Crippen LogP contribution in [0.1, 0.15) is 5.56 Å². The molecule has 8 heteroatoms. The lowest BCUT2D eigenvalue weighted by atomic mass is 10.1. The number of fused-ring (bicyclic) bond motifs is 1. The number of nitrogens with one attached hydrogen (secondary N) is 1. The topological polar surface area (TPSA) is 78.8 Å². The minimum atomic E-state index is -3.43. The van der Waals surface area contributed by atoms with Crippen LogP contribution < -0.4 is 5.32 Å². The van der Waals surface area contributed by atoms with Crippen molar-refractivity contribution >= 4 is 27.5 Å². The quantitative estimate of drug-likeness (QED) is 0.890. The van der Waals surface area contributed by atoms with Crippen molar-refractivity contribution in [1.29, 1.82) is 0 Å². The summed E-state index contributed by atoms with van der Waals surface area (Å²) in [5, 5.41) is 2.51. The Morgan fingerprint density at radius 2 is 2.13 bits per heavy atom. The van der Waals surface area contributed by atoms with Crippen molar-refractivity contribution in [2.24, 2.45) is 4.40 Å². The van der Waals surface area contributed by atoms with Crippen LogP contribution in [0.3, 0.4) is 0 Å². The van der Waals surface area contributed by atoms with Gasteiger partial charge in [0.25, 0.3) is 15.9 Å². The number of carbonyl (C=O) groups excluding carboxylic acids is 1. The molecule has 120 valence electrons. The molecule has 0 fully saturated rings. The van der Waals surface area contributed by atoms with E-state index in [9.17, 15) is 17.6 Å². The number of aryl methyl sites for hydroxylation is 1. The molecule has 0 spiro atoms. The Kier molecular flexibility index (Phi) is 3.77. The molecule has 1 aromatic rings. The largest absolute Gasteiger partial charge is 0.330 e. The van der Waals surface area contributed by atoms with Gasteiger partial charge in [-0.1, -0.05) is 6.07 Å². The van der Waals surface area contributed by atoms with Crippen LogP contribution in [-0.2, 0) is 14.8 Å². The fourth-order valence-corrected chi connectivity index (χ4v) is 3.23. The van der Waals surface area contributed by atoms with Crippen LogP contribution in [0, 0.1) is 12.7 Å². The number of hydrogen-bond donors (Lipinski definition) is 1. The second-order valence-corrected chi connectivity index (χ2v) is 7.04. The van der Waals surface area contributed by atoms with Gasteiger partial charge in [-0.2, -0.15) is 0 Å². The normalized spacial score (nSPS) is 18.8. The zero-order chi connectivity index (χ0) is 16.6. The number of anilines is 1. The fraction of sp³-hybridized carbons (Fsp3) is 0.200. The summed E-state index contributed by atoms with van der Waals surface area (Å²) < 4.78 is 40.2. The van der Waals surface area contributed by atoms with E-state index in [1.54, 1.807) is 24.0 Å². The molecule has 0 radical (unpaired) electrons. The maximum Gasteiger partial charge on any atom is 0.257 e. The second kappa shape index (κ2) is 5.62. The van der Waals surface area contributed by atoms with E-state index in [2.05, 4.69) is 9.71 Å². The first-order valence-electron chi connectivity index (χ1n) is 6.91. The molecule has 1 aromatic carbocycles. The van der Waals surface area contributed by atoms with Crippen molar-refractivity contribution in [2.45, 2.75) is 6.92 Å². The first-order chi connectivity index (χ1) is 10.8. The van der Waals surface area contributed by atoms with Crippen molar-refractivity contribution < 1.29 is 17.6 Å². The van der Waals surface area contributed by atoms with E-state index >= 15 is 0 Å². The molecule has 2 aliphatic heterocycles. The lowest BCUT2D eigenvalue weighted by molar-refractivity contribution is -0.112. The highest BCUT2D eigenvalue weighted by Crippen LogP contribution is 2.19. The lowest BCUT2D eigenvalue weighted by Gasteiger charge is -2.26. The SMILES string of the molecule is Cc1ccc(F)c(NC(=O)C2=CN3CCS(=O)(=O)N=C3C=C2)c1. The summed E-state index contributed by atoms with van der Waals surface area (Å²) in [7, 11) is -3.43. The van der Waals surface area contributed by atoms with Crippen molar-refractivity contribution in [1.82, 2.24) is 4.90 Å². The van der Waals surface area contributed by atoms with Crippen LogP contribution in [0.25, 0.3) is 0 Å². The van der Waals surface area contributed by atoms with Gasteiger partial charge in [-0.25, -0.2) is 12.8 Å². The summed E-state index contributed by atoms with van der Waals surface area (Å²) in [6.45, 7) is 2.02. The lowest BCUT2D eigenvalue weighted by Crippen LogP contribution is -2.37. The molecule has 1 amide bonds. The third-order valence-electron chi connectivity index (χ3n) is 3.46. The van der Waals surface area contributed by atoms with Gasteiger partial charge >= 0.3 is 0 Å². The van der Waals surface area contributed by atoms with E-state index in [1.807, 2.05) is 0 Å². The average Bonchev–Trinajstić information content (AvgIpc) is 2.49. The number of nitrogens with zero attached hydrogens (tertiary/aromatic N) is 2. The summed E-state index contributed by atoms with van der Waals surface area (Å²) >= 11 is 0. The Morgan fingerprint density at radius 1 is 1.35 bits per heavy atom. The first kappa shape index (κ1) is 15.4. The highest BCUT2D eigenvalue weighted by molar-refractivity contribution is 7.90. The zero-order valence-corrected chi connectivity index (χ0v) is 13.1. The molecule has 2 aliphatic rings. The summed E-state index contributed by atoms with van der Waals surface area (Å²) in [6, 6.07) is 4.44. The van der Waals surface area contributed by atoms with Gasteiger partial charge in [0, 0.05) is 12.7 Å². The van der Waals surface area contributed by atoms with Crippen LogP contribution in [0.5, 0.6) is 0 Å². The van der Waals surface area contributed by atoms with E-state index in [-0.39, 0.29) is 23.8 Å². The van der Waals surface area contributed by atoms with Gasteiger partial charge in [0.2, 0.25) is 0 Å². The minimum Gasteiger partial charge on any atom is -0.330 e. The monoisotopic (exact) mass is 335 g/mol. The Balaban J connectivity index is 1.81. The van der Waals surface area contributed by atoms with Crippen molar-refractivity contribution in [3.05, 3.63) is 53.5 Å². The van der Waals surface area contributed by atoms with Gasteiger partial charge in [-0.15, -0.1) is 4.40 Å². The summed E-state index contributed by atoms with van der Waals surface area (Å²) in [6.07, 6.45) is 4.42. The predicted octanol–water partition coefficient (Wildman–Crippen LogP) is 1.57. The number of amidine groups is 1. The number of benzene rings is 1. The average molecular weight is 335 g/mol. The van der Waals surface area contributed by atoms with Crippen molar-refractivity contribution in [3.8, 4) is 0 Å². The van der Waals surface area contributed by atoms with Crippen molar-refractivity contribution in [3.63, 3.8) is 0 Å². The molecule has 2 heterocycles. The molecule has 0 aromatic heterocycles. The standard InChI is InChI=1S/C15H14FN3O3S/c1-10-2-4-12(16)13(8-10)17-15(20)11-3-5-14-18-23(21,22)7-6-19(14)9-11/h2-5,8-9H,6-7H2,1H3,(H,17,20). The van der Waals surface area contributed by atoms with Gasteiger partial charge in [-0.05, 0) is 36.8 Å². The Morgan fingerprint density at radius 3 is 2.91 bits per heavy atom. The fourth-order valence-electron chi connectivity index (χ4n) is 2.26. The molecule has 0 bridgehead atoms. The Bertz CT molecular complexity index is 872. The van der Waals surface area contributed by atoms with Crippen LogP contribution in [0.15, 0.2) is 46.5 Å². The maximum atomic E-state index is 13.7. The number of amides is 1. The second-order valence-electron chi connectivity index (χ2n) is 5.28. The molecule has 1 N–H and O–H groups in total. The number of hydrogen-bond acceptors (Lipinski definition) is 4. The minimum absolute atomic E-state index is 0.102. The van der Waals surface area contributed by atoms with Crippen molar-refractivity contribution in [2.75, 3.05) is 17.6 Å². The third kappa shape index (κ3) is 3.31. The molecule has 0 aliphatic carbocycles. The molecule has 0 atom stereocenters. The molecule has 6 nitrogen and oxygen atoms in total. The van der Waals surface area contributed by atoms with E-state index in [0.29, 0.717) is 5.57 Å². The van der Waals surface area contributed by atoms with E-state index in [1.165, 1.54) is 24.4 Å². The zero-order valence-electron chi connectivity index (χ0n) is 12.3. The highest BCUT2D eigenvalue weighted by Gasteiger charge is 2.25. The van der Waals surface area contributed by atoms with Gasteiger partial charge in [0.15, 0.2) is 0 Å². The molecular formula is C15H14FN3O3S. The number of halogens is 1. The predicted molar refractivity (Wildman–Crippen MR) is 84.9 cm³/mol. The highest BCUT2D eigenvalue weighted by atomic mass is 32.2. The Hall–Kier alpha value is -2.48. The third-order valence-corrected chi connectivity index (χ3v) is 4.62. The first-order valence-corrected chi connectivity index (χ1v) is 8.52. The van der Waals surface area contributed by atoms with Gasteiger partial charge < -0.3 is 10.2 Å². The van der Waals surface area contributed by atoms with Crippen LogP contribution in [0.2, 0.25) is 0 Å². The maximum absolute atomic E-state index is 13.7. The summed E-state index contributed by atoms with van der Waals surface area (Å²) in [5.74, 6) is -0.828. The summed E-state index contributed by atoms with van der Waals surface area (Å²) in [4.78, 5) is 13.8. The van der Waals surface area contributed by atoms with Crippen LogP contribution >= 0.6 is 0 Å². The molecule has 0 saturated carbocycles. The van der Waals surface area contributed by atoms with Gasteiger partial charge in [-0.3, -0.25) is 4.79 Å². The number of sulfonamides is 1. The van der Waals surface area contributed by atoms with E-state index in [4.69, 9.17) is 0 Å². The van der Waals surface area contributed by atoms with Crippen LogP contribution in [-0.4, -0.2) is 37.4 Å². The molecule has 3 rings (SSSR count). The Labute approximate surface area is 133 Å². The number of rotatable bonds is 2. The molecule has 0 saturated heterocycles. The van der Waals surface area contributed by atoms with E-state index in [0.717, 1.165) is 5.56 Å². The number of carbonyl (C=O) groups is 1. The summed E-state index contributed by atoms with van der Waals surface area (Å²) in [5.41, 5.74) is 1.22. The van der Waals surface area contributed by atoms with E-state index < -0.39 is 21.7 Å². The van der Waals surface area contributed by atoms with Gasteiger partial charge in [0.05, 0.1) is 17.0 Å².